The van der Waals surface area contributed by atoms with Crippen molar-refractivity contribution >= 4 is 0 Å². The molecule has 4 rings (SSSR count). The van der Waals surface area contributed by atoms with Crippen molar-refractivity contribution in [3.63, 3.8) is 0 Å². The number of hydrogen-bond acceptors (Lipinski definition) is 3. The molecule has 1 spiro atoms. The number of nitrogens with zero attached hydrogens (tertiary/aromatic N) is 3. The van der Waals surface area contributed by atoms with E-state index in [9.17, 15) is 5.11 Å². The van der Waals surface area contributed by atoms with Crippen LogP contribution in [0.1, 0.15) is 75.6 Å². The van der Waals surface area contributed by atoms with Crippen molar-refractivity contribution < 1.29 is 5.11 Å². The average molecular weight is 261 g/mol. The second kappa shape index (κ2) is 4.30. The quantitative estimate of drug-likeness (QED) is 0.890. The lowest BCUT2D eigenvalue weighted by Crippen LogP contribution is -2.38. The summed E-state index contributed by atoms with van der Waals surface area (Å²) in [7, 11) is 0. The van der Waals surface area contributed by atoms with Crippen molar-refractivity contribution in [3.05, 3.63) is 12.2 Å². The van der Waals surface area contributed by atoms with Crippen LogP contribution in [0.5, 0.6) is 0 Å². The molecule has 4 heteroatoms. The topological polar surface area (TPSA) is 50.9 Å². The zero-order chi connectivity index (χ0) is 12.9. The molecule has 3 aliphatic carbocycles. The highest BCUT2D eigenvalue weighted by Crippen LogP contribution is 2.54. The summed E-state index contributed by atoms with van der Waals surface area (Å²) in [5.74, 6) is 1.66. The van der Waals surface area contributed by atoms with E-state index in [0.717, 1.165) is 25.1 Å². The molecule has 1 N–H and O–H groups in total. The lowest BCUT2D eigenvalue weighted by atomic mass is 9.68. The van der Waals surface area contributed by atoms with Gasteiger partial charge < -0.3 is 5.11 Å². The molecule has 0 aliphatic heterocycles. The standard InChI is InChI=1S/C15H23N3O/c19-12-5-8-15(6-1-2-7-15)13(9-12)18-10-16-14(17-18)11-3-4-11/h10-13,19H,1-9H2. The second-order valence-corrected chi connectivity index (χ2v) is 6.87. The fraction of sp³-hybridized carbons (Fsp3) is 0.867. The molecule has 2 atom stereocenters. The van der Waals surface area contributed by atoms with Gasteiger partial charge in [0.25, 0.3) is 0 Å². The van der Waals surface area contributed by atoms with E-state index in [4.69, 9.17) is 5.10 Å². The lowest BCUT2D eigenvalue weighted by Gasteiger charge is -2.43. The summed E-state index contributed by atoms with van der Waals surface area (Å²) in [4.78, 5) is 4.50. The van der Waals surface area contributed by atoms with Gasteiger partial charge in [-0.1, -0.05) is 12.8 Å². The Kier molecular flexibility index (Phi) is 2.69. The fourth-order valence-corrected chi connectivity index (χ4v) is 4.26. The molecule has 3 fully saturated rings. The Bertz CT molecular complexity index is 460. The van der Waals surface area contributed by atoms with E-state index in [2.05, 4.69) is 9.67 Å². The van der Waals surface area contributed by atoms with Gasteiger partial charge in [0, 0.05) is 5.92 Å². The van der Waals surface area contributed by atoms with Gasteiger partial charge >= 0.3 is 0 Å². The molecule has 0 bridgehead atoms. The van der Waals surface area contributed by atoms with Crippen molar-refractivity contribution in [2.75, 3.05) is 0 Å². The molecule has 1 aromatic heterocycles. The minimum absolute atomic E-state index is 0.148. The van der Waals surface area contributed by atoms with Crippen LogP contribution in [0, 0.1) is 5.41 Å². The fourth-order valence-electron chi connectivity index (χ4n) is 4.26. The molecular weight excluding hydrogens is 238 g/mol. The van der Waals surface area contributed by atoms with Gasteiger partial charge in [0.1, 0.15) is 6.33 Å². The number of aliphatic hydroxyl groups excluding tert-OH is 1. The third-order valence-corrected chi connectivity index (χ3v) is 5.57. The molecule has 0 saturated heterocycles. The van der Waals surface area contributed by atoms with E-state index in [1.165, 1.54) is 38.5 Å². The Balaban J connectivity index is 1.64. The molecule has 19 heavy (non-hydrogen) atoms. The molecule has 0 aromatic carbocycles. The van der Waals surface area contributed by atoms with Crippen molar-refractivity contribution in [2.45, 2.75) is 75.9 Å². The monoisotopic (exact) mass is 261 g/mol. The van der Waals surface area contributed by atoms with Gasteiger partial charge in [-0.05, 0) is 50.4 Å². The van der Waals surface area contributed by atoms with Gasteiger partial charge in [0.05, 0.1) is 12.1 Å². The van der Waals surface area contributed by atoms with Crippen LogP contribution in [-0.2, 0) is 0 Å². The number of aromatic nitrogens is 3. The van der Waals surface area contributed by atoms with Crippen LogP contribution in [0.25, 0.3) is 0 Å². The number of aliphatic hydroxyl groups is 1. The van der Waals surface area contributed by atoms with Gasteiger partial charge in [0.15, 0.2) is 5.82 Å². The van der Waals surface area contributed by atoms with E-state index < -0.39 is 0 Å². The Morgan fingerprint density at radius 1 is 1.16 bits per heavy atom. The third kappa shape index (κ3) is 2.00. The zero-order valence-electron chi connectivity index (χ0n) is 11.5. The SMILES string of the molecule is OC1CCC2(CCCC2)C(n2cnc(C3CC3)n2)C1. The van der Waals surface area contributed by atoms with Gasteiger partial charge in [-0.2, -0.15) is 5.10 Å². The molecule has 1 heterocycles. The maximum atomic E-state index is 10.1. The number of hydrogen-bond donors (Lipinski definition) is 1. The summed E-state index contributed by atoms with van der Waals surface area (Å²) in [6.45, 7) is 0. The predicted molar refractivity (Wildman–Crippen MR) is 71.8 cm³/mol. The van der Waals surface area contributed by atoms with Crippen LogP contribution in [0.15, 0.2) is 6.33 Å². The van der Waals surface area contributed by atoms with Gasteiger partial charge in [-0.15, -0.1) is 0 Å². The van der Waals surface area contributed by atoms with Crippen LogP contribution in [0.3, 0.4) is 0 Å². The Morgan fingerprint density at radius 2 is 1.95 bits per heavy atom. The number of rotatable bonds is 2. The van der Waals surface area contributed by atoms with Crippen LogP contribution in [0.2, 0.25) is 0 Å². The Labute approximate surface area is 114 Å². The molecular formula is C15H23N3O. The molecule has 1 aromatic rings. The summed E-state index contributed by atoms with van der Waals surface area (Å²) in [6.07, 6.45) is 12.6. The van der Waals surface area contributed by atoms with Crippen molar-refractivity contribution in [1.82, 2.24) is 14.8 Å². The summed E-state index contributed by atoms with van der Waals surface area (Å²) in [6, 6.07) is 0.374. The van der Waals surface area contributed by atoms with Gasteiger partial charge in [-0.3, -0.25) is 0 Å². The van der Waals surface area contributed by atoms with Crippen LogP contribution in [-0.4, -0.2) is 26.0 Å². The summed E-state index contributed by atoms with van der Waals surface area (Å²) in [5, 5.41) is 14.8. The first kappa shape index (κ1) is 11.9. The van der Waals surface area contributed by atoms with Crippen molar-refractivity contribution in [1.29, 1.82) is 0 Å². The molecule has 4 nitrogen and oxygen atoms in total. The first-order chi connectivity index (χ1) is 9.27. The van der Waals surface area contributed by atoms with Crippen molar-refractivity contribution in [3.8, 4) is 0 Å². The van der Waals surface area contributed by atoms with Crippen LogP contribution < -0.4 is 0 Å². The highest BCUT2D eigenvalue weighted by atomic mass is 16.3. The Hall–Kier alpha value is -0.900. The van der Waals surface area contributed by atoms with Gasteiger partial charge in [0.2, 0.25) is 0 Å². The maximum Gasteiger partial charge on any atom is 0.153 e. The van der Waals surface area contributed by atoms with Gasteiger partial charge in [-0.25, -0.2) is 9.67 Å². The minimum Gasteiger partial charge on any atom is -0.393 e. The largest absolute Gasteiger partial charge is 0.393 e. The molecule has 104 valence electrons. The first-order valence-corrected chi connectivity index (χ1v) is 7.86. The highest BCUT2D eigenvalue weighted by molar-refractivity contribution is 5.04. The smallest absolute Gasteiger partial charge is 0.153 e. The van der Waals surface area contributed by atoms with E-state index in [-0.39, 0.29) is 6.10 Å². The van der Waals surface area contributed by atoms with Crippen LogP contribution in [0.4, 0.5) is 0 Å². The second-order valence-electron chi connectivity index (χ2n) is 6.87. The van der Waals surface area contributed by atoms with Crippen LogP contribution >= 0.6 is 0 Å². The van der Waals surface area contributed by atoms with E-state index in [1.54, 1.807) is 0 Å². The molecule has 3 saturated carbocycles. The molecule has 0 amide bonds. The molecule has 2 unspecified atom stereocenters. The lowest BCUT2D eigenvalue weighted by molar-refractivity contribution is 0.0122. The highest BCUT2D eigenvalue weighted by Gasteiger charge is 2.46. The van der Waals surface area contributed by atoms with E-state index in [1.807, 2.05) is 6.33 Å². The van der Waals surface area contributed by atoms with Crippen molar-refractivity contribution in [2.24, 2.45) is 5.41 Å². The maximum absolute atomic E-state index is 10.1. The minimum atomic E-state index is -0.148. The summed E-state index contributed by atoms with van der Waals surface area (Å²) in [5.41, 5.74) is 0.397. The summed E-state index contributed by atoms with van der Waals surface area (Å²) >= 11 is 0. The normalized spacial score (nSPS) is 33.9. The first-order valence-electron chi connectivity index (χ1n) is 7.86. The molecule has 3 aliphatic rings. The third-order valence-electron chi connectivity index (χ3n) is 5.57. The zero-order valence-corrected chi connectivity index (χ0v) is 11.5. The average Bonchev–Trinajstić information content (AvgIpc) is 2.98. The molecule has 0 radical (unpaired) electrons. The van der Waals surface area contributed by atoms with E-state index >= 15 is 0 Å². The Morgan fingerprint density at radius 3 is 2.68 bits per heavy atom. The predicted octanol–water partition coefficient (Wildman–Crippen LogP) is 2.80. The summed E-state index contributed by atoms with van der Waals surface area (Å²) < 4.78 is 2.10. The van der Waals surface area contributed by atoms with E-state index in [0.29, 0.717) is 17.4 Å².